The molecule has 1 aromatic carbocycles. The highest BCUT2D eigenvalue weighted by Crippen LogP contribution is 2.26. The van der Waals surface area contributed by atoms with Gasteiger partial charge in [0.05, 0.1) is 6.54 Å². The first-order valence-corrected chi connectivity index (χ1v) is 8.14. The lowest BCUT2D eigenvalue weighted by Crippen LogP contribution is -2.57. The molecular weight excluding hydrogens is 308 g/mol. The van der Waals surface area contributed by atoms with Gasteiger partial charge in [0.15, 0.2) is 5.60 Å². The molecule has 0 unspecified atom stereocenters. The van der Waals surface area contributed by atoms with Gasteiger partial charge in [0.1, 0.15) is 11.3 Å². The minimum atomic E-state index is -1.53. The van der Waals surface area contributed by atoms with Gasteiger partial charge in [-0.3, -0.25) is 9.59 Å². The van der Waals surface area contributed by atoms with Crippen molar-refractivity contribution in [1.29, 1.82) is 0 Å². The Bertz CT molecular complexity index is 782. The van der Waals surface area contributed by atoms with E-state index in [1.54, 1.807) is 0 Å². The van der Waals surface area contributed by atoms with Crippen LogP contribution in [0, 0.1) is 6.92 Å². The topological polar surface area (TPSA) is 82.8 Å². The van der Waals surface area contributed by atoms with Crippen molar-refractivity contribution in [3.05, 3.63) is 35.6 Å². The van der Waals surface area contributed by atoms with Gasteiger partial charge < -0.3 is 19.7 Å². The lowest BCUT2D eigenvalue weighted by atomic mass is 9.91. The molecule has 1 aromatic heterocycles. The highest BCUT2D eigenvalue weighted by atomic mass is 16.3. The molecule has 2 aromatic rings. The maximum absolute atomic E-state index is 12.5. The van der Waals surface area contributed by atoms with Gasteiger partial charge in [0, 0.05) is 31.0 Å². The number of hydrogen-bond acceptors (Lipinski definition) is 4. The number of para-hydroxylation sites is 1. The molecule has 2 heterocycles. The molecule has 6 heteroatoms. The molecule has 1 aliphatic heterocycles. The zero-order valence-electron chi connectivity index (χ0n) is 14.0. The molecule has 1 atom stereocenters. The first kappa shape index (κ1) is 16.5. The Morgan fingerprint density at radius 3 is 2.88 bits per heavy atom. The third-order valence-electron chi connectivity index (χ3n) is 4.66. The van der Waals surface area contributed by atoms with Crippen molar-refractivity contribution in [2.24, 2.45) is 0 Å². The summed E-state index contributed by atoms with van der Waals surface area (Å²) in [7, 11) is 0. The van der Waals surface area contributed by atoms with Crippen LogP contribution in [-0.4, -0.2) is 40.5 Å². The van der Waals surface area contributed by atoms with Gasteiger partial charge in [-0.1, -0.05) is 18.2 Å². The summed E-state index contributed by atoms with van der Waals surface area (Å²) in [5, 5.41) is 14.4. The summed E-state index contributed by atoms with van der Waals surface area (Å²) in [6.45, 7) is 4.21. The fourth-order valence-corrected chi connectivity index (χ4v) is 3.26. The van der Waals surface area contributed by atoms with Gasteiger partial charge in [0.25, 0.3) is 5.91 Å². The normalized spacial score (nSPS) is 21.0. The first-order valence-electron chi connectivity index (χ1n) is 8.14. The molecule has 0 saturated carbocycles. The molecule has 24 heavy (non-hydrogen) atoms. The molecule has 0 bridgehead atoms. The molecule has 6 nitrogen and oxygen atoms in total. The Balaban J connectivity index is 1.72. The number of nitrogens with zero attached hydrogens (tertiary/aromatic N) is 1. The molecule has 2 N–H and O–H groups in total. The third-order valence-corrected chi connectivity index (χ3v) is 4.66. The molecule has 2 amide bonds. The van der Waals surface area contributed by atoms with Crippen LogP contribution >= 0.6 is 0 Å². The number of carbonyl (C=O) groups excluding carboxylic acids is 2. The largest absolute Gasteiger partial charge is 0.461 e. The monoisotopic (exact) mass is 330 g/mol. The van der Waals surface area contributed by atoms with E-state index in [-0.39, 0.29) is 19.0 Å². The molecule has 128 valence electrons. The van der Waals surface area contributed by atoms with Gasteiger partial charge in [-0.25, -0.2) is 0 Å². The predicted molar refractivity (Wildman–Crippen MR) is 89.2 cm³/mol. The number of rotatable bonds is 3. The van der Waals surface area contributed by atoms with E-state index in [0.29, 0.717) is 19.4 Å². The van der Waals surface area contributed by atoms with Crippen molar-refractivity contribution in [1.82, 2.24) is 10.2 Å². The van der Waals surface area contributed by atoms with Crippen molar-refractivity contribution >= 4 is 22.8 Å². The van der Waals surface area contributed by atoms with Crippen LogP contribution in [0.25, 0.3) is 11.0 Å². The summed E-state index contributed by atoms with van der Waals surface area (Å²) in [6.07, 6.45) is 0.963. The summed E-state index contributed by atoms with van der Waals surface area (Å²) in [4.78, 5) is 25.5. The van der Waals surface area contributed by atoms with Crippen LogP contribution in [0.15, 0.2) is 28.7 Å². The number of benzene rings is 1. The quantitative estimate of drug-likeness (QED) is 0.898. The maximum atomic E-state index is 12.5. The van der Waals surface area contributed by atoms with Gasteiger partial charge >= 0.3 is 0 Å². The summed E-state index contributed by atoms with van der Waals surface area (Å²) >= 11 is 0. The number of aryl methyl sites for hydroxylation is 1. The molecule has 0 spiro atoms. The molecule has 0 radical (unpaired) electrons. The van der Waals surface area contributed by atoms with Crippen molar-refractivity contribution in [3.8, 4) is 0 Å². The second-order valence-electron chi connectivity index (χ2n) is 6.39. The fraction of sp³-hybridized carbons (Fsp3) is 0.444. The average molecular weight is 330 g/mol. The van der Waals surface area contributed by atoms with Gasteiger partial charge in [0.2, 0.25) is 5.91 Å². The standard InChI is InChI=1S/C18H22N2O4/c1-12-15(14-6-3-4-7-16(14)24-12)10-19-17(22)18(23)8-5-9-20(11-18)13(2)21/h3-4,6-7,23H,5,8-11H2,1-2H3,(H,19,22)/t18-/m1/s1. The van der Waals surface area contributed by atoms with Crippen LogP contribution in [-0.2, 0) is 16.1 Å². The van der Waals surface area contributed by atoms with Crippen molar-refractivity contribution in [2.45, 2.75) is 38.8 Å². The van der Waals surface area contributed by atoms with Crippen molar-refractivity contribution in [2.75, 3.05) is 13.1 Å². The minimum absolute atomic E-state index is 0.0410. The zero-order valence-corrected chi connectivity index (χ0v) is 14.0. The number of nitrogens with one attached hydrogen (secondary N) is 1. The highest BCUT2D eigenvalue weighted by Gasteiger charge is 2.41. The van der Waals surface area contributed by atoms with E-state index >= 15 is 0 Å². The van der Waals surface area contributed by atoms with E-state index < -0.39 is 11.5 Å². The van der Waals surface area contributed by atoms with E-state index in [9.17, 15) is 14.7 Å². The molecular formula is C18H22N2O4. The Morgan fingerprint density at radius 2 is 2.12 bits per heavy atom. The number of hydrogen-bond donors (Lipinski definition) is 2. The van der Waals surface area contributed by atoms with Gasteiger partial charge in [-0.05, 0) is 25.8 Å². The smallest absolute Gasteiger partial charge is 0.254 e. The van der Waals surface area contributed by atoms with E-state index in [2.05, 4.69) is 5.32 Å². The summed E-state index contributed by atoms with van der Waals surface area (Å²) in [5.41, 5.74) is 0.150. The van der Waals surface area contributed by atoms with Gasteiger partial charge in [-0.2, -0.15) is 0 Å². The lowest BCUT2D eigenvalue weighted by Gasteiger charge is -2.37. The Hall–Kier alpha value is -2.34. The van der Waals surface area contributed by atoms with Crippen molar-refractivity contribution < 1.29 is 19.1 Å². The van der Waals surface area contributed by atoms with Crippen LogP contribution in [0.1, 0.15) is 31.1 Å². The van der Waals surface area contributed by atoms with Crippen LogP contribution in [0.4, 0.5) is 0 Å². The predicted octanol–water partition coefficient (Wildman–Crippen LogP) is 1.73. The summed E-state index contributed by atoms with van der Waals surface area (Å²) in [6, 6.07) is 7.64. The van der Waals surface area contributed by atoms with E-state index in [1.165, 1.54) is 11.8 Å². The SMILES string of the molecule is CC(=O)N1CCC[C@](O)(C(=O)NCc2c(C)oc3ccccc23)C1. The number of furan rings is 1. The van der Waals surface area contributed by atoms with Crippen LogP contribution in [0.2, 0.25) is 0 Å². The van der Waals surface area contributed by atoms with Crippen molar-refractivity contribution in [3.63, 3.8) is 0 Å². The van der Waals surface area contributed by atoms with Crippen LogP contribution in [0.3, 0.4) is 0 Å². The first-order chi connectivity index (χ1) is 11.4. The number of likely N-dealkylation sites (tertiary alicyclic amines) is 1. The molecule has 1 saturated heterocycles. The second-order valence-corrected chi connectivity index (χ2v) is 6.39. The third kappa shape index (κ3) is 3.01. The van der Waals surface area contributed by atoms with Crippen LogP contribution in [0.5, 0.6) is 0 Å². The van der Waals surface area contributed by atoms with E-state index in [4.69, 9.17) is 4.42 Å². The molecule has 3 rings (SSSR count). The Morgan fingerprint density at radius 1 is 1.38 bits per heavy atom. The number of piperidine rings is 1. The van der Waals surface area contributed by atoms with E-state index in [1.807, 2.05) is 31.2 Å². The molecule has 1 aliphatic rings. The summed E-state index contributed by atoms with van der Waals surface area (Å²) < 4.78 is 5.68. The zero-order chi connectivity index (χ0) is 17.3. The van der Waals surface area contributed by atoms with Crippen LogP contribution < -0.4 is 5.32 Å². The fourth-order valence-electron chi connectivity index (χ4n) is 3.26. The maximum Gasteiger partial charge on any atom is 0.254 e. The molecule has 0 aliphatic carbocycles. The number of aliphatic hydroxyl groups is 1. The second kappa shape index (κ2) is 6.28. The number of carbonyl (C=O) groups is 2. The Kier molecular flexibility index (Phi) is 4.32. The molecule has 1 fully saturated rings. The van der Waals surface area contributed by atoms with E-state index in [0.717, 1.165) is 22.3 Å². The Labute approximate surface area is 140 Å². The number of β-amino-alcohol motifs (C(OH)–C–C–N with tert-alkyl or cyclic N) is 1. The van der Waals surface area contributed by atoms with Gasteiger partial charge in [-0.15, -0.1) is 0 Å². The minimum Gasteiger partial charge on any atom is -0.461 e. The highest BCUT2D eigenvalue weighted by molar-refractivity contribution is 5.87. The number of amides is 2. The number of fused-ring (bicyclic) bond motifs is 1. The average Bonchev–Trinajstić information content (AvgIpc) is 2.88. The summed E-state index contributed by atoms with van der Waals surface area (Å²) in [5.74, 6) is 0.174. The lowest BCUT2D eigenvalue weighted by molar-refractivity contribution is -0.150.